The van der Waals surface area contributed by atoms with Crippen LogP contribution in [-0.2, 0) is 0 Å². The Bertz CT molecular complexity index is 880. The highest BCUT2D eigenvalue weighted by atomic mass is 16.4. The van der Waals surface area contributed by atoms with Gasteiger partial charge in [0.1, 0.15) is 5.75 Å². The van der Waals surface area contributed by atoms with Crippen LogP contribution < -0.4 is 0 Å². The van der Waals surface area contributed by atoms with Gasteiger partial charge in [-0.2, -0.15) is 0 Å². The molecule has 22 heavy (non-hydrogen) atoms. The molecule has 110 valence electrons. The molecule has 1 aliphatic rings. The second kappa shape index (κ2) is 4.32. The lowest BCUT2D eigenvalue weighted by atomic mass is 9.80. The fourth-order valence-corrected chi connectivity index (χ4v) is 2.51. The van der Waals surface area contributed by atoms with Crippen molar-refractivity contribution in [3.63, 3.8) is 0 Å². The van der Waals surface area contributed by atoms with E-state index in [9.17, 15) is 29.7 Å². The number of rotatable bonds is 1. The maximum absolute atomic E-state index is 12.5. The van der Waals surface area contributed by atoms with Crippen molar-refractivity contribution in [2.24, 2.45) is 0 Å². The van der Waals surface area contributed by atoms with Crippen molar-refractivity contribution < 1.29 is 34.8 Å². The molecule has 0 saturated heterocycles. The van der Waals surface area contributed by atoms with E-state index in [0.717, 1.165) is 0 Å². The van der Waals surface area contributed by atoms with Gasteiger partial charge in [-0.05, 0) is 12.1 Å². The van der Waals surface area contributed by atoms with E-state index in [2.05, 4.69) is 0 Å². The summed E-state index contributed by atoms with van der Waals surface area (Å²) in [6, 6.07) is 4.48. The molecule has 0 spiro atoms. The molecule has 1 aliphatic carbocycles. The number of ketones is 2. The third-order valence-electron chi connectivity index (χ3n) is 3.48. The van der Waals surface area contributed by atoms with E-state index in [1.54, 1.807) is 0 Å². The Hall–Kier alpha value is -3.35. The molecule has 0 fully saturated rings. The van der Waals surface area contributed by atoms with E-state index < -0.39 is 51.5 Å². The van der Waals surface area contributed by atoms with Crippen LogP contribution in [0.1, 0.15) is 42.2 Å². The van der Waals surface area contributed by atoms with Gasteiger partial charge < -0.3 is 20.4 Å². The summed E-state index contributed by atoms with van der Waals surface area (Å²) in [5.41, 5.74) is -2.26. The molecule has 7 nitrogen and oxygen atoms in total. The van der Waals surface area contributed by atoms with Gasteiger partial charge in [0.25, 0.3) is 0 Å². The fraction of sp³-hybridized carbons (Fsp3) is 0. The minimum Gasteiger partial charge on any atom is -0.507 e. The molecule has 0 amide bonds. The van der Waals surface area contributed by atoms with Crippen molar-refractivity contribution in [2.75, 3.05) is 0 Å². The highest BCUT2D eigenvalue weighted by molar-refractivity contribution is 6.32. The molecule has 0 atom stereocenters. The summed E-state index contributed by atoms with van der Waals surface area (Å²) in [5.74, 6) is -5.46. The Balaban J connectivity index is 2.47. The highest BCUT2D eigenvalue weighted by Crippen LogP contribution is 2.41. The van der Waals surface area contributed by atoms with E-state index in [0.29, 0.717) is 6.07 Å². The van der Waals surface area contributed by atoms with Gasteiger partial charge in [-0.3, -0.25) is 9.59 Å². The van der Waals surface area contributed by atoms with E-state index in [4.69, 9.17) is 5.11 Å². The number of carbonyl (C=O) groups excluding carboxylic acids is 2. The molecule has 0 aromatic heterocycles. The summed E-state index contributed by atoms with van der Waals surface area (Å²) in [7, 11) is 0. The molecule has 2 aromatic rings. The third-order valence-corrected chi connectivity index (χ3v) is 3.48. The van der Waals surface area contributed by atoms with Crippen LogP contribution in [0.2, 0.25) is 0 Å². The maximum atomic E-state index is 12.5. The number of phenolic OH excluding ortho intramolecular Hbond substituents is 3. The lowest BCUT2D eigenvalue weighted by Crippen LogP contribution is -2.24. The number of carbonyl (C=O) groups is 3. The molecule has 3 rings (SSSR count). The maximum Gasteiger partial charge on any atom is 0.336 e. The van der Waals surface area contributed by atoms with Gasteiger partial charge in [0.2, 0.25) is 0 Å². The fourth-order valence-electron chi connectivity index (χ4n) is 2.51. The first-order valence-corrected chi connectivity index (χ1v) is 6.08. The average Bonchev–Trinajstić information content (AvgIpc) is 2.46. The van der Waals surface area contributed by atoms with E-state index >= 15 is 0 Å². The molecule has 0 aliphatic heterocycles. The zero-order chi connectivity index (χ0) is 16.2. The van der Waals surface area contributed by atoms with Crippen LogP contribution in [0.5, 0.6) is 17.2 Å². The number of carboxylic acids is 1. The average molecular weight is 300 g/mol. The number of fused-ring (bicyclic) bond motifs is 2. The first-order valence-electron chi connectivity index (χ1n) is 6.08. The van der Waals surface area contributed by atoms with Gasteiger partial charge in [-0.15, -0.1) is 0 Å². The van der Waals surface area contributed by atoms with Crippen molar-refractivity contribution >= 4 is 17.5 Å². The molecule has 0 saturated carbocycles. The van der Waals surface area contributed by atoms with Crippen molar-refractivity contribution in [3.8, 4) is 17.2 Å². The number of aromatic carboxylic acids is 1. The van der Waals surface area contributed by atoms with Crippen LogP contribution in [0.3, 0.4) is 0 Å². The van der Waals surface area contributed by atoms with Gasteiger partial charge in [0.05, 0.1) is 22.3 Å². The van der Waals surface area contributed by atoms with Crippen LogP contribution in [0.25, 0.3) is 0 Å². The third kappa shape index (κ3) is 1.59. The Morgan fingerprint density at radius 1 is 0.864 bits per heavy atom. The van der Waals surface area contributed by atoms with Gasteiger partial charge in [-0.25, -0.2) is 4.79 Å². The van der Waals surface area contributed by atoms with Crippen LogP contribution in [0.4, 0.5) is 0 Å². The van der Waals surface area contributed by atoms with Gasteiger partial charge in [0.15, 0.2) is 23.1 Å². The molecular weight excluding hydrogens is 292 g/mol. The summed E-state index contributed by atoms with van der Waals surface area (Å²) in [5, 5.41) is 38.4. The lowest BCUT2D eigenvalue weighted by molar-refractivity contribution is 0.0692. The zero-order valence-corrected chi connectivity index (χ0v) is 10.8. The molecular formula is C15H8O7. The minimum atomic E-state index is -1.55. The molecule has 7 heteroatoms. The van der Waals surface area contributed by atoms with Crippen LogP contribution >= 0.6 is 0 Å². The number of carboxylic acid groups (broad SMARTS) is 1. The summed E-state index contributed by atoms with van der Waals surface area (Å²) in [4.78, 5) is 36.2. The van der Waals surface area contributed by atoms with E-state index in [-0.39, 0.29) is 11.1 Å². The Morgan fingerprint density at radius 3 is 2.18 bits per heavy atom. The molecule has 4 N–H and O–H groups in total. The molecule has 0 bridgehead atoms. The number of phenols is 3. The second-order valence-electron chi connectivity index (χ2n) is 4.70. The number of hydrogen-bond donors (Lipinski definition) is 4. The second-order valence-corrected chi connectivity index (χ2v) is 4.70. The summed E-state index contributed by atoms with van der Waals surface area (Å²) >= 11 is 0. The molecule has 0 unspecified atom stereocenters. The lowest BCUT2D eigenvalue weighted by Gasteiger charge is -2.21. The topological polar surface area (TPSA) is 132 Å². The minimum absolute atomic E-state index is 0.172. The quantitative estimate of drug-likeness (QED) is 0.497. The summed E-state index contributed by atoms with van der Waals surface area (Å²) < 4.78 is 0. The standard InChI is InChI=1S/C15H8O7/c16-7-3-1-2-5-9(7)14(20)10-6(15(21)22)4-8(17)13(19)11(10)12(5)18/h1-4,16-17,19H,(H,21,22). The monoisotopic (exact) mass is 300 g/mol. The van der Waals surface area contributed by atoms with Crippen molar-refractivity contribution in [3.05, 3.63) is 52.1 Å². The summed E-state index contributed by atoms with van der Waals surface area (Å²) in [6.07, 6.45) is 0. The zero-order valence-electron chi connectivity index (χ0n) is 10.8. The number of benzene rings is 2. The molecule has 0 radical (unpaired) electrons. The van der Waals surface area contributed by atoms with Crippen LogP contribution in [0.15, 0.2) is 24.3 Å². The van der Waals surface area contributed by atoms with Gasteiger partial charge >= 0.3 is 5.97 Å². The van der Waals surface area contributed by atoms with Crippen LogP contribution in [0, 0.1) is 0 Å². The van der Waals surface area contributed by atoms with Crippen molar-refractivity contribution in [1.82, 2.24) is 0 Å². The van der Waals surface area contributed by atoms with Gasteiger partial charge in [0, 0.05) is 5.56 Å². The van der Waals surface area contributed by atoms with Crippen LogP contribution in [-0.4, -0.2) is 38.0 Å². The normalized spacial score (nSPS) is 12.7. The predicted octanol–water partition coefficient (Wildman–Crippen LogP) is 1.28. The van der Waals surface area contributed by atoms with Crippen molar-refractivity contribution in [1.29, 1.82) is 0 Å². The Kier molecular flexibility index (Phi) is 2.68. The van der Waals surface area contributed by atoms with E-state index in [1.165, 1.54) is 18.2 Å². The first-order chi connectivity index (χ1) is 10.3. The Morgan fingerprint density at radius 2 is 1.55 bits per heavy atom. The summed E-state index contributed by atoms with van der Waals surface area (Å²) in [6.45, 7) is 0. The molecule has 2 aromatic carbocycles. The number of hydrogen-bond acceptors (Lipinski definition) is 6. The highest BCUT2D eigenvalue weighted by Gasteiger charge is 2.38. The SMILES string of the molecule is O=C(O)c1cc(O)c(O)c2c1C(=O)c1c(O)cccc1C2=O. The van der Waals surface area contributed by atoms with E-state index in [1.807, 2.05) is 0 Å². The number of aromatic hydroxyl groups is 3. The smallest absolute Gasteiger partial charge is 0.336 e. The van der Waals surface area contributed by atoms with Crippen molar-refractivity contribution in [2.45, 2.75) is 0 Å². The van der Waals surface area contributed by atoms with Gasteiger partial charge in [-0.1, -0.05) is 12.1 Å². The first kappa shape index (κ1) is 13.6. The predicted molar refractivity (Wildman–Crippen MR) is 71.7 cm³/mol. The molecule has 0 heterocycles. The Labute approximate surface area is 122 Å². The largest absolute Gasteiger partial charge is 0.507 e.